The van der Waals surface area contributed by atoms with E-state index in [1.165, 1.54) is 24.7 Å². The van der Waals surface area contributed by atoms with Gasteiger partial charge in [0.05, 0.1) is 29.1 Å². The lowest BCUT2D eigenvalue weighted by molar-refractivity contribution is -0.385. The monoisotopic (exact) mass is 262 g/mol. The lowest BCUT2D eigenvalue weighted by Crippen LogP contribution is -2.23. The maximum Gasteiger partial charge on any atom is 0.311 e. The molecule has 0 aliphatic heterocycles. The minimum atomic E-state index is -0.749. The number of nitrogens with zero attached hydrogens (tertiary/aromatic N) is 2. The Balaban J connectivity index is 2.15. The predicted molar refractivity (Wildman–Crippen MR) is 64.5 cm³/mol. The Kier molecular flexibility index (Phi) is 3.42. The first-order valence-electron chi connectivity index (χ1n) is 5.31. The van der Waals surface area contributed by atoms with E-state index in [-0.39, 0.29) is 12.1 Å². The molecule has 2 rings (SSSR count). The van der Waals surface area contributed by atoms with Gasteiger partial charge in [-0.05, 0) is 6.07 Å². The summed E-state index contributed by atoms with van der Waals surface area (Å²) in [6.45, 7) is 0.182. The summed E-state index contributed by atoms with van der Waals surface area (Å²) in [7, 11) is 0. The number of aromatic hydroxyl groups is 1. The van der Waals surface area contributed by atoms with Gasteiger partial charge in [0.1, 0.15) is 0 Å². The van der Waals surface area contributed by atoms with Gasteiger partial charge in [0.25, 0.3) is 5.91 Å². The molecule has 0 fully saturated rings. The standard InChI is InChI=1S/C11H10N4O4/c16-10-8(2-1-3-9(10)15(18)19)11(17)13-5-7-4-12-6-14-7/h1-4,6,16H,5H2,(H,12,14)(H,13,17). The zero-order valence-corrected chi connectivity index (χ0v) is 9.66. The van der Waals surface area contributed by atoms with Crippen LogP contribution in [-0.2, 0) is 6.54 Å². The number of phenols is 1. The molecule has 0 aliphatic carbocycles. The number of carbonyl (C=O) groups excluding carboxylic acids is 1. The first-order valence-corrected chi connectivity index (χ1v) is 5.31. The Morgan fingerprint density at radius 2 is 2.32 bits per heavy atom. The average Bonchev–Trinajstić information content (AvgIpc) is 2.89. The van der Waals surface area contributed by atoms with Crippen LogP contribution in [0.3, 0.4) is 0 Å². The van der Waals surface area contributed by atoms with Crippen molar-refractivity contribution in [2.75, 3.05) is 0 Å². The van der Waals surface area contributed by atoms with E-state index in [4.69, 9.17) is 0 Å². The predicted octanol–water partition coefficient (Wildman–Crippen LogP) is 0.954. The van der Waals surface area contributed by atoms with Crippen molar-refractivity contribution in [1.82, 2.24) is 15.3 Å². The molecular weight excluding hydrogens is 252 g/mol. The minimum Gasteiger partial charge on any atom is -0.502 e. The van der Waals surface area contributed by atoms with Gasteiger partial charge in [-0.1, -0.05) is 6.07 Å². The number of hydrogen-bond acceptors (Lipinski definition) is 5. The van der Waals surface area contributed by atoms with Crippen molar-refractivity contribution in [2.24, 2.45) is 0 Å². The molecule has 0 unspecified atom stereocenters. The third-order valence-electron chi connectivity index (χ3n) is 2.45. The molecule has 2 aromatic rings. The van der Waals surface area contributed by atoms with Crippen LogP contribution in [0.2, 0.25) is 0 Å². The molecule has 1 amide bonds. The quantitative estimate of drug-likeness (QED) is 0.559. The van der Waals surface area contributed by atoms with Crippen molar-refractivity contribution in [3.63, 3.8) is 0 Å². The van der Waals surface area contributed by atoms with E-state index < -0.39 is 22.3 Å². The Morgan fingerprint density at radius 3 is 2.95 bits per heavy atom. The number of carbonyl (C=O) groups is 1. The zero-order chi connectivity index (χ0) is 13.8. The highest BCUT2D eigenvalue weighted by Crippen LogP contribution is 2.29. The van der Waals surface area contributed by atoms with Crippen LogP contribution in [0, 0.1) is 10.1 Å². The van der Waals surface area contributed by atoms with E-state index in [2.05, 4.69) is 15.3 Å². The van der Waals surface area contributed by atoms with Crippen molar-refractivity contribution < 1.29 is 14.8 Å². The fraction of sp³-hybridized carbons (Fsp3) is 0.0909. The number of benzene rings is 1. The van der Waals surface area contributed by atoms with E-state index in [9.17, 15) is 20.0 Å². The minimum absolute atomic E-state index is 0.145. The van der Waals surface area contributed by atoms with Crippen LogP contribution in [-0.4, -0.2) is 25.9 Å². The van der Waals surface area contributed by atoms with Gasteiger partial charge in [0, 0.05) is 12.3 Å². The molecule has 0 atom stereocenters. The Labute approximate surface area is 107 Å². The van der Waals surface area contributed by atoms with Gasteiger partial charge in [0.2, 0.25) is 5.75 Å². The van der Waals surface area contributed by atoms with Crippen molar-refractivity contribution >= 4 is 11.6 Å². The smallest absolute Gasteiger partial charge is 0.311 e. The number of imidazole rings is 1. The molecule has 8 heteroatoms. The number of nitrogens with one attached hydrogen (secondary N) is 2. The number of nitro benzene ring substituents is 1. The summed E-state index contributed by atoms with van der Waals surface area (Å²) in [4.78, 5) is 28.3. The fourth-order valence-electron chi connectivity index (χ4n) is 1.51. The number of amides is 1. The molecular formula is C11H10N4O4. The van der Waals surface area contributed by atoms with Crippen LogP contribution in [0.1, 0.15) is 16.1 Å². The molecule has 0 aliphatic rings. The fourth-order valence-corrected chi connectivity index (χ4v) is 1.51. The Bertz CT molecular complexity index is 609. The van der Waals surface area contributed by atoms with E-state index in [0.717, 1.165) is 6.07 Å². The Morgan fingerprint density at radius 1 is 1.53 bits per heavy atom. The lowest BCUT2D eigenvalue weighted by atomic mass is 10.1. The van der Waals surface area contributed by atoms with Crippen LogP contribution < -0.4 is 5.32 Å². The number of aromatic amines is 1. The van der Waals surface area contributed by atoms with E-state index in [1.54, 1.807) is 0 Å². The van der Waals surface area contributed by atoms with Gasteiger partial charge >= 0.3 is 5.69 Å². The summed E-state index contributed by atoms with van der Waals surface area (Å²) in [6, 6.07) is 3.77. The summed E-state index contributed by atoms with van der Waals surface area (Å²) in [5, 5.41) is 22.8. The molecule has 19 heavy (non-hydrogen) atoms. The van der Waals surface area contributed by atoms with Gasteiger partial charge in [0.15, 0.2) is 0 Å². The van der Waals surface area contributed by atoms with E-state index in [1.807, 2.05) is 0 Å². The van der Waals surface area contributed by atoms with Gasteiger partial charge in [-0.15, -0.1) is 0 Å². The number of phenolic OH excluding ortho intramolecular Hbond substituents is 1. The highest BCUT2D eigenvalue weighted by atomic mass is 16.6. The molecule has 3 N–H and O–H groups in total. The van der Waals surface area contributed by atoms with E-state index in [0.29, 0.717) is 5.69 Å². The molecule has 1 aromatic heterocycles. The topological polar surface area (TPSA) is 121 Å². The first-order chi connectivity index (χ1) is 9.09. The van der Waals surface area contributed by atoms with Crippen LogP contribution in [0.4, 0.5) is 5.69 Å². The van der Waals surface area contributed by atoms with Crippen LogP contribution in [0.5, 0.6) is 5.75 Å². The molecule has 0 bridgehead atoms. The average molecular weight is 262 g/mol. The summed E-state index contributed by atoms with van der Waals surface area (Å²) in [6.07, 6.45) is 3.00. The number of para-hydroxylation sites is 1. The third-order valence-corrected chi connectivity index (χ3v) is 2.45. The second-order valence-electron chi connectivity index (χ2n) is 3.69. The molecule has 98 valence electrons. The molecule has 0 saturated carbocycles. The molecule has 0 saturated heterocycles. The number of rotatable bonds is 4. The maximum atomic E-state index is 11.8. The van der Waals surface area contributed by atoms with Gasteiger partial charge < -0.3 is 15.4 Å². The van der Waals surface area contributed by atoms with Crippen LogP contribution in [0.25, 0.3) is 0 Å². The van der Waals surface area contributed by atoms with Gasteiger partial charge in [-0.3, -0.25) is 14.9 Å². The lowest BCUT2D eigenvalue weighted by Gasteiger charge is -2.05. The molecule has 1 aromatic carbocycles. The summed E-state index contributed by atoms with van der Waals surface area (Å²) >= 11 is 0. The summed E-state index contributed by atoms with van der Waals surface area (Å²) < 4.78 is 0. The van der Waals surface area contributed by atoms with Gasteiger partial charge in [-0.25, -0.2) is 4.98 Å². The number of nitro groups is 1. The van der Waals surface area contributed by atoms with Crippen molar-refractivity contribution in [1.29, 1.82) is 0 Å². The Hall–Kier alpha value is -2.90. The third kappa shape index (κ3) is 2.68. The SMILES string of the molecule is O=C(NCc1cnc[nH]1)c1cccc([N+](=O)[O-])c1O. The largest absolute Gasteiger partial charge is 0.502 e. The number of hydrogen-bond donors (Lipinski definition) is 3. The first kappa shape index (κ1) is 12.6. The van der Waals surface area contributed by atoms with E-state index >= 15 is 0 Å². The second-order valence-corrected chi connectivity index (χ2v) is 3.69. The maximum absolute atomic E-state index is 11.8. The summed E-state index contributed by atoms with van der Waals surface area (Å²) in [5.74, 6) is -1.24. The summed E-state index contributed by atoms with van der Waals surface area (Å²) in [5.41, 5.74) is 0.0289. The van der Waals surface area contributed by atoms with Crippen molar-refractivity contribution in [3.8, 4) is 5.75 Å². The number of H-pyrrole nitrogens is 1. The number of aromatic nitrogens is 2. The normalized spacial score (nSPS) is 10.1. The van der Waals surface area contributed by atoms with Crippen LogP contribution >= 0.6 is 0 Å². The van der Waals surface area contributed by atoms with Crippen molar-refractivity contribution in [3.05, 3.63) is 52.1 Å². The molecule has 0 spiro atoms. The molecule has 8 nitrogen and oxygen atoms in total. The molecule has 0 radical (unpaired) electrons. The second kappa shape index (κ2) is 5.17. The van der Waals surface area contributed by atoms with Crippen LogP contribution in [0.15, 0.2) is 30.7 Å². The van der Waals surface area contributed by atoms with Gasteiger partial charge in [-0.2, -0.15) is 0 Å². The van der Waals surface area contributed by atoms with Crippen molar-refractivity contribution in [2.45, 2.75) is 6.54 Å². The highest BCUT2D eigenvalue weighted by molar-refractivity contribution is 5.97. The zero-order valence-electron chi connectivity index (χ0n) is 9.66. The molecule has 1 heterocycles. The highest BCUT2D eigenvalue weighted by Gasteiger charge is 2.20.